The second-order valence-electron chi connectivity index (χ2n) is 9.45. The maximum atomic E-state index is 13.8. The second-order valence-corrected chi connectivity index (χ2v) is 9.45. The first-order chi connectivity index (χ1) is 16.0. The van der Waals surface area contributed by atoms with Gasteiger partial charge in [0.1, 0.15) is 18.1 Å². The quantitative estimate of drug-likeness (QED) is 0.604. The van der Waals surface area contributed by atoms with Gasteiger partial charge in [-0.3, -0.25) is 4.79 Å². The molecule has 1 fully saturated rings. The van der Waals surface area contributed by atoms with Crippen molar-refractivity contribution in [3.63, 3.8) is 0 Å². The lowest BCUT2D eigenvalue weighted by Gasteiger charge is -2.44. The monoisotopic (exact) mass is 442 g/mol. The lowest BCUT2D eigenvalue weighted by Crippen LogP contribution is -2.49. The highest BCUT2D eigenvalue weighted by Crippen LogP contribution is 2.55. The number of carbonyl (C=O) groups is 1. The number of rotatable bonds is 6. The van der Waals surface area contributed by atoms with Gasteiger partial charge in [-0.25, -0.2) is 0 Å². The van der Waals surface area contributed by atoms with E-state index in [2.05, 4.69) is 21.9 Å². The van der Waals surface area contributed by atoms with E-state index in [1.807, 2.05) is 68.7 Å². The van der Waals surface area contributed by atoms with Crippen molar-refractivity contribution in [3.05, 3.63) is 95.1 Å². The van der Waals surface area contributed by atoms with Crippen molar-refractivity contribution in [3.8, 4) is 11.5 Å². The van der Waals surface area contributed by atoms with E-state index in [9.17, 15) is 9.90 Å². The Kier molecular flexibility index (Phi) is 5.59. The SMILES string of the molecule is CN(C)CCOc1ccc([C@@H]2c3ccc(O)cc3CC3(CC3)N2C(=O)c2ccccc2)cc1. The van der Waals surface area contributed by atoms with Crippen LogP contribution in [0.3, 0.4) is 0 Å². The first-order valence-corrected chi connectivity index (χ1v) is 11.5. The second kappa shape index (κ2) is 8.56. The Bertz CT molecular complexity index is 1140. The van der Waals surface area contributed by atoms with Crippen molar-refractivity contribution < 1.29 is 14.6 Å². The molecular formula is C28H30N2O3. The van der Waals surface area contributed by atoms with Crippen LogP contribution in [0.4, 0.5) is 0 Å². The van der Waals surface area contributed by atoms with Crippen LogP contribution in [-0.2, 0) is 6.42 Å². The summed E-state index contributed by atoms with van der Waals surface area (Å²) in [5, 5.41) is 10.1. The van der Waals surface area contributed by atoms with Gasteiger partial charge in [-0.15, -0.1) is 0 Å². The average molecular weight is 443 g/mol. The molecule has 1 amide bonds. The van der Waals surface area contributed by atoms with E-state index in [4.69, 9.17) is 4.74 Å². The number of likely N-dealkylation sites (N-methyl/N-ethyl adjacent to an activating group) is 1. The van der Waals surface area contributed by atoms with Crippen molar-refractivity contribution in [2.24, 2.45) is 0 Å². The molecule has 33 heavy (non-hydrogen) atoms. The largest absolute Gasteiger partial charge is 0.508 e. The third-order valence-electron chi connectivity index (χ3n) is 6.78. The first kappa shape index (κ1) is 21.5. The molecule has 3 aromatic carbocycles. The highest BCUT2D eigenvalue weighted by atomic mass is 16.5. The molecule has 5 heteroatoms. The Labute approximate surface area is 195 Å². The van der Waals surface area contributed by atoms with Gasteiger partial charge in [0, 0.05) is 17.6 Å². The number of phenolic OH excluding ortho intramolecular Hbond substituents is 1. The molecule has 2 aliphatic rings. The maximum absolute atomic E-state index is 13.8. The summed E-state index contributed by atoms with van der Waals surface area (Å²) in [7, 11) is 4.05. The molecular weight excluding hydrogens is 412 g/mol. The van der Waals surface area contributed by atoms with Gasteiger partial charge < -0.3 is 19.6 Å². The van der Waals surface area contributed by atoms with Crippen LogP contribution in [-0.4, -0.2) is 53.6 Å². The number of aromatic hydroxyl groups is 1. The van der Waals surface area contributed by atoms with Crippen LogP contribution in [0.1, 0.15) is 45.9 Å². The average Bonchev–Trinajstić information content (AvgIpc) is 3.58. The number of nitrogens with zero attached hydrogens (tertiary/aromatic N) is 2. The molecule has 1 heterocycles. The van der Waals surface area contributed by atoms with Gasteiger partial charge in [-0.1, -0.05) is 36.4 Å². The number of amides is 1. The van der Waals surface area contributed by atoms with Gasteiger partial charge in [0.25, 0.3) is 5.91 Å². The minimum absolute atomic E-state index is 0.0585. The summed E-state index contributed by atoms with van der Waals surface area (Å²) in [6.07, 6.45) is 2.73. The fourth-order valence-corrected chi connectivity index (χ4v) is 4.90. The molecule has 0 aromatic heterocycles. The highest BCUT2D eigenvalue weighted by Gasteiger charge is 2.56. The summed E-state index contributed by atoms with van der Waals surface area (Å²) in [5.74, 6) is 1.16. The molecule has 0 bridgehead atoms. The predicted molar refractivity (Wildman–Crippen MR) is 129 cm³/mol. The third-order valence-corrected chi connectivity index (χ3v) is 6.78. The first-order valence-electron chi connectivity index (χ1n) is 11.5. The zero-order valence-electron chi connectivity index (χ0n) is 19.2. The number of hydrogen-bond acceptors (Lipinski definition) is 4. The summed E-state index contributed by atoms with van der Waals surface area (Å²) in [6, 6.07) is 23.0. The molecule has 0 radical (unpaired) electrons. The molecule has 0 saturated heterocycles. The van der Waals surface area contributed by atoms with Crippen LogP contribution in [0.2, 0.25) is 0 Å². The Morgan fingerprint density at radius 2 is 1.79 bits per heavy atom. The molecule has 5 nitrogen and oxygen atoms in total. The van der Waals surface area contributed by atoms with Crippen LogP contribution in [0.15, 0.2) is 72.8 Å². The number of carbonyl (C=O) groups excluding carboxylic acids is 1. The molecule has 1 aliphatic carbocycles. The Morgan fingerprint density at radius 1 is 1.06 bits per heavy atom. The van der Waals surface area contributed by atoms with Gasteiger partial charge in [0.15, 0.2) is 0 Å². The zero-order chi connectivity index (χ0) is 23.0. The summed E-state index contributed by atoms with van der Waals surface area (Å²) in [6.45, 7) is 1.47. The van der Waals surface area contributed by atoms with Crippen molar-refractivity contribution in [2.45, 2.75) is 30.8 Å². The van der Waals surface area contributed by atoms with Crippen molar-refractivity contribution in [1.82, 2.24) is 9.80 Å². The smallest absolute Gasteiger partial charge is 0.255 e. The highest BCUT2D eigenvalue weighted by molar-refractivity contribution is 5.96. The van der Waals surface area contributed by atoms with E-state index >= 15 is 0 Å². The zero-order valence-corrected chi connectivity index (χ0v) is 19.2. The normalized spacial score (nSPS) is 18.3. The van der Waals surface area contributed by atoms with E-state index in [0.717, 1.165) is 48.2 Å². The number of ether oxygens (including phenoxy) is 1. The predicted octanol–water partition coefficient (Wildman–Crippen LogP) is 4.65. The number of benzene rings is 3. The van der Waals surface area contributed by atoms with E-state index in [-0.39, 0.29) is 23.2 Å². The summed E-state index contributed by atoms with van der Waals surface area (Å²) < 4.78 is 5.89. The lowest BCUT2D eigenvalue weighted by molar-refractivity contribution is 0.0541. The standard InChI is InChI=1S/C28H30N2O3/c1-29(2)16-17-33-24-11-8-20(9-12-24)26-25-13-10-23(31)18-22(25)19-28(14-15-28)30(26)27(32)21-6-4-3-5-7-21/h3-13,18,26,31H,14-17,19H2,1-2H3/t26-/m1/s1. The molecule has 1 atom stereocenters. The fourth-order valence-electron chi connectivity index (χ4n) is 4.90. The molecule has 1 N–H and O–H groups in total. The van der Waals surface area contributed by atoms with E-state index in [0.29, 0.717) is 12.2 Å². The molecule has 170 valence electrons. The minimum atomic E-state index is -0.208. The van der Waals surface area contributed by atoms with Gasteiger partial charge >= 0.3 is 0 Å². The summed E-state index contributed by atoms with van der Waals surface area (Å²) >= 11 is 0. The fraction of sp³-hybridized carbons (Fsp3) is 0.321. The van der Waals surface area contributed by atoms with Gasteiger partial charge in [-0.2, -0.15) is 0 Å². The molecule has 0 unspecified atom stereocenters. The van der Waals surface area contributed by atoms with Gasteiger partial charge in [0.05, 0.1) is 6.04 Å². The molecule has 1 saturated carbocycles. The van der Waals surface area contributed by atoms with E-state index in [1.54, 1.807) is 6.07 Å². The Balaban J connectivity index is 1.54. The van der Waals surface area contributed by atoms with Gasteiger partial charge in [0.2, 0.25) is 0 Å². The maximum Gasteiger partial charge on any atom is 0.255 e. The number of fused-ring (bicyclic) bond motifs is 1. The Morgan fingerprint density at radius 3 is 2.45 bits per heavy atom. The summed E-state index contributed by atoms with van der Waals surface area (Å²) in [5.41, 5.74) is 3.77. The minimum Gasteiger partial charge on any atom is -0.508 e. The van der Waals surface area contributed by atoms with Crippen molar-refractivity contribution in [2.75, 3.05) is 27.2 Å². The van der Waals surface area contributed by atoms with Crippen LogP contribution in [0.25, 0.3) is 0 Å². The van der Waals surface area contributed by atoms with Gasteiger partial charge in [-0.05, 0) is 86.4 Å². The number of hydrogen-bond donors (Lipinski definition) is 1. The molecule has 1 aliphatic heterocycles. The van der Waals surface area contributed by atoms with Crippen molar-refractivity contribution in [1.29, 1.82) is 0 Å². The molecule has 3 aromatic rings. The van der Waals surface area contributed by atoms with Crippen LogP contribution >= 0.6 is 0 Å². The third kappa shape index (κ3) is 4.21. The van der Waals surface area contributed by atoms with Crippen molar-refractivity contribution >= 4 is 5.91 Å². The summed E-state index contributed by atoms with van der Waals surface area (Å²) in [4.78, 5) is 18.0. The van der Waals surface area contributed by atoms with Crippen LogP contribution < -0.4 is 4.74 Å². The number of phenols is 1. The van der Waals surface area contributed by atoms with Crippen LogP contribution in [0.5, 0.6) is 11.5 Å². The van der Waals surface area contributed by atoms with E-state index in [1.165, 1.54) is 0 Å². The lowest BCUT2D eigenvalue weighted by atomic mass is 9.82. The topological polar surface area (TPSA) is 53.0 Å². The van der Waals surface area contributed by atoms with E-state index < -0.39 is 0 Å². The Hall–Kier alpha value is -3.31. The molecule has 5 rings (SSSR count). The van der Waals surface area contributed by atoms with Crippen LogP contribution in [0, 0.1) is 0 Å². The molecule has 1 spiro atoms.